The molecule has 2 aliphatic heterocycles. The fraction of sp³-hybridized carbons (Fsp3) is 0.833. The summed E-state index contributed by atoms with van der Waals surface area (Å²) >= 11 is 0. The Morgan fingerprint density at radius 2 is 2.27 bits per heavy atom. The Hall–Kier alpha value is -0.600. The van der Waals surface area contributed by atoms with Crippen molar-refractivity contribution in [2.45, 2.75) is 6.42 Å². The van der Waals surface area contributed by atoms with Crippen LogP contribution in [0.5, 0.6) is 0 Å². The van der Waals surface area contributed by atoms with E-state index in [9.17, 15) is 8.42 Å². The summed E-state index contributed by atoms with van der Waals surface area (Å²) in [6.07, 6.45) is 0.711. The van der Waals surface area contributed by atoms with E-state index in [1.54, 1.807) is 0 Å². The highest BCUT2D eigenvalue weighted by Crippen LogP contribution is 2.40. The van der Waals surface area contributed by atoms with E-state index in [1.165, 1.54) is 4.31 Å². The monoisotopic (exact) mass is 172 g/mol. The van der Waals surface area contributed by atoms with Gasteiger partial charge in [0.15, 0.2) is 0 Å². The Morgan fingerprint density at radius 3 is 2.55 bits per heavy atom. The topological polar surface area (TPSA) is 61.2 Å². The molecule has 5 heteroatoms. The quantitative estimate of drug-likeness (QED) is 0.497. The molecule has 0 spiro atoms. The standard InChI is InChI=1S/C6H8N2O2S/c7-3-6-1-2-8(4-6)11(9,10)5-6/h1-2,4-5H2. The number of hydrogen-bond donors (Lipinski definition) is 0. The molecule has 0 saturated carbocycles. The summed E-state index contributed by atoms with van der Waals surface area (Å²) in [6.45, 7) is 0.960. The summed E-state index contributed by atoms with van der Waals surface area (Å²) in [5.74, 6) is 0.0382. The van der Waals surface area contributed by atoms with Crippen molar-refractivity contribution >= 4 is 10.0 Å². The Bertz CT molecular complexity index is 329. The maximum Gasteiger partial charge on any atom is 0.215 e. The predicted molar refractivity (Wildman–Crippen MR) is 38.0 cm³/mol. The first kappa shape index (κ1) is 7.07. The number of nitriles is 1. The Morgan fingerprint density at radius 1 is 1.55 bits per heavy atom. The number of hydrogen-bond acceptors (Lipinski definition) is 3. The van der Waals surface area contributed by atoms with Gasteiger partial charge in [-0.15, -0.1) is 0 Å². The second-order valence-corrected chi connectivity index (χ2v) is 5.20. The van der Waals surface area contributed by atoms with E-state index in [2.05, 4.69) is 6.07 Å². The lowest BCUT2D eigenvalue weighted by Crippen LogP contribution is -2.28. The molecule has 2 atom stereocenters. The highest BCUT2D eigenvalue weighted by Gasteiger charge is 2.53. The molecule has 2 unspecified atom stereocenters. The summed E-state index contributed by atoms with van der Waals surface area (Å²) in [5, 5.41) is 8.73. The third-order valence-electron chi connectivity index (χ3n) is 2.41. The Balaban J connectivity index is 2.45. The minimum atomic E-state index is -3.05. The maximum atomic E-state index is 11.2. The van der Waals surface area contributed by atoms with Gasteiger partial charge in [-0.05, 0) is 6.42 Å². The van der Waals surface area contributed by atoms with E-state index < -0.39 is 15.4 Å². The van der Waals surface area contributed by atoms with Crippen molar-refractivity contribution in [2.24, 2.45) is 5.41 Å². The van der Waals surface area contributed by atoms with Crippen LogP contribution in [0.1, 0.15) is 6.42 Å². The average Bonchev–Trinajstić information content (AvgIpc) is 2.42. The van der Waals surface area contributed by atoms with E-state index in [0.717, 1.165) is 0 Å². The molecule has 2 rings (SSSR count). The molecule has 2 bridgehead atoms. The molecule has 2 heterocycles. The minimum Gasteiger partial charge on any atom is -0.212 e. The molecule has 2 fully saturated rings. The van der Waals surface area contributed by atoms with Gasteiger partial charge >= 0.3 is 0 Å². The second-order valence-electron chi connectivity index (χ2n) is 3.23. The molecule has 0 aliphatic carbocycles. The summed E-state index contributed by atoms with van der Waals surface area (Å²) in [6, 6.07) is 2.10. The molecule has 2 saturated heterocycles. The number of nitrogens with zero attached hydrogens (tertiary/aromatic N) is 2. The predicted octanol–water partition coefficient (Wildman–Crippen LogP) is -0.455. The molecule has 0 radical (unpaired) electrons. The zero-order chi connectivity index (χ0) is 8.11. The molecular formula is C6H8N2O2S. The molecule has 0 aromatic heterocycles. The van der Waals surface area contributed by atoms with Gasteiger partial charge in [0.25, 0.3) is 0 Å². The van der Waals surface area contributed by atoms with E-state index in [4.69, 9.17) is 5.26 Å². The van der Waals surface area contributed by atoms with Gasteiger partial charge < -0.3 is 0 Å². The SMILES string of the molecule is N#CC12CCN(C1)S(=O)(=O)C2. The van der Waals surface area contributed by atoms with Crippen molar-refractivity contribution in [1.29, 1.82) is 5.26 Å². The molecular weight excluding hydrogens is 164 g/mol. The van der Waals surface area contributed by atoms with Crippen molar-refractivity contribution in [3.05, 3.63) is 0 Å². The average molecular weight is 172 g/mol. The zero-order valence-electron chi connectivity index (χ0n) is 5.95. The first-order chi connectivity index (χ1) is 5.08. The van der Waals surface area contributed by atoms with Gasteiger partial charge in [-0.25, -0.2) is 12.7 Å². The van der Waals surface area contributed by atoms with Crippen LogP contribution in [0.15, 0.2) is 0 Å². The highest BCUT2D eigenvalue weighted by atomic mass is 32.2. The van der Waals surface area contributed by atoms with Gasteiger partial charge in [-0.3, -0.25) is 0 Å². The van der Waals surface area contributed by atoms with E-state index >= 15 is 0 Å². The lowest BCUT2D eigenvalue weighted by atomic mass is 9.92. The van der Waals surface area contributed by atoms with E-state index in [1.807, 2.05) is 0 Å². The van der Waals surface area contributed by atoms with Crippen molar-refractivity contribution in [1.82, 2.24) is 4.31 Å². The zero-order valence-corrected chi connectivity index (χ0v) is 6.76. The molecule has 11 heavy (non-hydrogen) atoms. The molecule has 4 nitrogen and oxygen atoms in total. The van der Waals surface area contributed by atoms with Crippen LogP contribution in [-0.2, 0) is 10.0 Å². The van der Waals surface area contributed by atoms with Crippen LogP contribution >= 0.6 is 0 Å². The van der Waals surface area contributed by atoms with Crippen molar-refractivity contribution in [2.75, 3.05) is 18.8 Å². The smallest absolute Gasteiger partial charge is 0.212 e. The van der Waals surface area contributed by atoms with Crippen molar-refractivity contribution in [3.8, 4) is 6.07 Å². The third-order valence-corrected chi connectivity index (χ3v) is 4.42. The normalized spacial score (nSPS) is 45.5. The molecule has 0 aromatic rings. The van der Waals surface area contributed by atoms with Crippen molar-refractivity contribution < 1.29 is 8.42 Å². The van der Waals surface area contributed by atoms with Gasteiger partial charge in [0.2, 0.25) is 10.0 Å². The first-order valence-electron chi connectivity index (χ1n) is 3.47. The number of sulfonamides is 1. The van der Waals surface area contributed by atoms with Crippen LogP contribution in [0.25, 0.3) is 0 Å². The third kappa shape index (κ3) is 0.798. The van der Waals surface area contributed by atoms with Gasteiger partial charge in [-0.1, -0.05) is 0 Å². The van der Waals surface area contributed by atoms with Gasteiger partial charge in [-0.2, -0.15) is 5.26 Å². The molecule has 0 aromatic carbocycles. The maximum absolute atomic E-state index is 11.2. The Kier molecular flexibility index (Phi) is 1.13. The van der Waals surface area contributed by atoms with Crippen LogP contribution in [0.4, 0.5) is 0 Å². The van der Waals surface area contributed by atoms with Crippen LogP contribution in [0, 0.1) is 16.7 Å². The van der Waals surface area contributed by atoms with Crippen LogP contribution in [-0.4, -0.2) is 31.6 Å². The Labute approximate surface area is 65.5 Å². The fourth-order valence-corrected chi connectivity index (χ4v) is 3.75. The molecule has 60 valence electrons. The summed E-state index contributed by atoms with van der Waals surface area (Å²) in [5.41, 5.74) is -0.571. The van der Waals surface area contributed by atoms with Crippen molar-refractivity contribution in [3.63, 3.8) is 0 Å². The van der Waals surface area contributed by atoms with E-state index in [-0.39, 0.29) is 5.75 Å². The summed E-state index contributed by atoms with van der Waals surface area (Å²) in [7, 11) is -3.05. The number of rotatable bonds is 0. The number of fused-ring (bicyclic) bond motifs is 2. The summed E-state index contributed by atoms with van der Waals surface area (Å²) in [4.78, 5) is 0. The van der Waals surface area contributed by atoms with Crippen LogP contribution in [0.3, 0.4) is 0 Å². The summed E-state index contributed by atoms with van der Waals surface area (Å²) < 4.78 is 23.7. The van der Waals surface area contributed by atoms with Gasteiger partial charge in [0.05, 0.1) is 17.2 Å². The molecule has 0 N–H and O–H groups in total. The minimum absolute atomic E-state index is 0.0382. The largest absolute Gasteiger partial charge is 0.215 e. The van der Waals surface area contributed by atoms with E-state index in [0.29, 0.717) is 19.5 Å². The van der Waals surface area contributed by atoms with Crippen LogP contribution < -0.4 is 0 Å². The van der Waals surface area contributed by atoms with Gasteiger partial charge in [0, 0.05) is 13.1 Å². The van der Waals surface area contributed by atoms with Gasteiger partial charge in [0.1, 0.15) is 0 Å². The lowest BCUT2D eigenvalue weighted by molar-refractivity contribution is 0.491. The molecule has 2 aliphatic rings. The fourth-order valence-electron chi connectivity index (χ4n) is 1.75. The second kappa shape index (κ2) is 1.76. The lowest BCUT2D eigenvalue weighted by Gasteiger charge is -2.15. The first-order valence-corrected chi connectivity index (χ1v) is 5.08. The highest BCUT2D eigenvalue weighted by molar-refractivity contribution is 7.89. The molecule has 0 amide bonds. The van der Waals surface area contributed by atoms with Crippen LogP contribution in [0.2, 0.25) is 0 Å².